The Kier molecular flexibility index (Phi) is 8.26. The maximum atomic E-state index is 13.2. The molecule has 1 saturated carbocycles. The summed E-state index contributed by atoms with van der Waals surface area (Å²) in [6, 6.07) is 12.0. The zero-order valence-electron chi connectivity index (χ0n) is 24.8. The predicted molar refractivity (Wildman–Crippen MR) is 162 cm³/mol. The summed E-state index contributed by atoms with van der Waals surface area (Å²) in [5.41, 5.74) is 3.99. The first-order chi connectivity index (χ1) is 19.2. The molecule has 3 aliphatic rings. The quantitative estimate of drug-likeness (QED) is 0.429. The van der Waals surface area contributed by atoms with Crippen molar-refractivity contribution in [3.8, 4) is 5.75 Å². The molecule has 0 bridgehead atoms. The highest BCUT2D eigenvalue weighted by Crippen LogP contribution is 2.43. The molecule has 0 radical (unpaired) electrons. The van der Waals surface area contributed by atoms with Crippen molar-refractivity contribution in [1.82, 2.24) is 10.2 Å². The summed E-state index contributed by atoms with van der Waals surface area (Å²) in [5, 5.41) is 6.72. The normalized spacial score (nSPS) is 20.1. The van der Waals surface area contributed by atoms with Gasteiger partial charge in [-0.15, -0.1) is 0 Å². The fourth-order valence-electron chi connectivity index (χ4n) is 6.74. The molecule has 1 aliphatic carbocycles. The van der Waals surface area contributed by atoms with Crippen LogP contribution in [-0.2, 0) is 4.79 Å². The largest absolute Gasteiger partial charge is 0.495 e. The van der Waals surface area contributed by atoms with Crippen LogP contribution in [0, 0.1) is 0 Å². The number of ether oxygens (including phenoxy) is 1. The lowest BCUT2D eigenvalue weighted by Gasteiger charge is -2.45. The average molecular weight is 548 g/mol. The van der Waals surface area contributed by atoms with Gasteiger partial charge in [-0.05, 0) is 95.4 Å². The summed E-state index contributed by atoms with van der Waals surface area (Å²) in [4.78, 5) is 33.0. The third-order valence-electron chi connectivity index (χ3n) is 8.68. The second-order valence-electron chi connectivity index (χ2n) is 12.2. The van der Waals surface area contributed by atoms with Gasteiger partial charge in [-0.25, -0.2) is 0 Å². The van der Waals surface area contributed by atoms with Crippen LogP contribution < -0.4 is 25.2 Å². The Labute approximate surface area is 239 Å². The fourth-order valence-corrected chi connectivity index (χ4v) is 6.74. The molecule has 2 aromatic rings. The van der Waals surface area contributed by atoms with Crippen molar-refractivity contribution < 1.29 is 14.3 Å². The molecule has 0 spiro atoms. The van der Waals surface area contributed by atoms with Crippen molar-refractivity contribution in [3.05, 3.63) is 42.0 Å². The van der Waals surface area contributed by atoms with Crippen molar-refractivity contribution in [1.29, 1.82) is 0 Å². The van der Waals surface area contributed by atoms with Gasteiger partial charge in [0.25, 0.3) is 5.91 Å². The minimum atomic E-state index is -0.329. The number of rotatable bonds is 9. The number of anilines is 4. The fraction of sp³-hybridized carbons (Fsp3) is 0.562. The van der Waals surface area contributed by atoms with Crippen molar-refractivity contribution in [2.24, 2.45) is 0 Å². The Balaban J connectivity index is 1.36. The van der Waals surface area contributed by atoms with E-state index < -0.39 is 0 Å². The van der Waals surface area contributed by atoms with E-state index in [1.807, 2.05) is 31.3 Å². The molecule has 2 amide bonds. The zero-order valence-corrected chi connectivity index (χ0v) is 24.8. The number of fused-ring (bicyclic) bond motifs is 1. The van der Waals surface area contributed by atoms with Crippen LogP contribution in [0.1, 0.15) is 76.1 Å². The number of likely N-dealkylation sites (N-methyl/N-ethyl adjacent to an activating group) is 1. The minimum absolute atomic E-state index is 0.103. The summed E-state index contributed by atoms with van der Waals surface area (Å²) in [6.07, 6.45) is 7.90. The molecule has 0 aromatic heterocycles. The minimum Gasteiger partial charge on any atom is -0.495 e. The van der Waals surface area contributed by atoms with Crippen LogP contribution in [0.2, 0.25) is 0 Å². The number of benzene rings is 2. The van der Waals surface area contributed by atoms with Gasteiger partial charge in [-0.1, -0.05) is 19.8 Å². The molecule has 2 aliphatic heterocycles. The number of hydrogen-bond acceptors (Lipinski definition) is 6. The standard InChI is InChI=1S/C32H45N5O3/c1-6-26-31(39)35(4)27-16-14-23(20-28(27)37(26)24-11-7-8-12-24)33-25-15-13-22(19-29(25)40-5)30(38)34-32(2,3)21-36-17-9-10-18-36/h13-16,19-20,24,26,33H,6-12,17-18,21H2,1-5H3,(H,34,38)/t26-/m1/s1. The molecule has 2 heterocycles. The van der Waals surface area contributed by atoms with E-state index in [9.17, 15) is 9.59 Å². The second-order valence-corrected chi connectivity index (χ2v) is 12.2. The SMILES string of the molecule is CC[C@@H]1C(=O)N(C)c2ccc(Nc3ccc(C(=O)NC(C)(C)CN4CCCC4)cc3OC)cc2N1C1CCCC1. The molecule has 2 fully saturated rings. The highest BCUT2D eigenvalue weighted by molar-refractivity contribution is 6.06. The number of amides is 2. The van der Waals surface area contributed by atoms with Crippen LogP contribution in [0.5, 0.6) is 5.75 Å². The van der Waals surface area contributed by atoms with Gasteiger partial charge >= 0.3 is 0 Å². The number of nitrogens with zero attached hydrogens (tertiary/aromatic N) is 3. The molecule has 8 heteroatoms. The third-order valence-corrected chi connectivity index (χ3v) is 8.68. The predicted octanol–water partition coefficient (Wildman–Crippen LogP) is 5.55. The smallest absolute Gasteiger partial charge is 0.251 e. The van der Waals surface area contributed by atoms with Crippen molar-refractivity contribution in [2.75, 3.05) is 48.9 Å². The molecule has 2 aromatic carbocycles. The highest BCUT2D eigenvalue weighted by atomic mass is 16.5. The van der Waals surface area contributed by atoms with Crippen LogP contribution in [0.15, 0.2) is 36.4 Å². The van der Waals surface area contributed by atoms with Gasteiger partial charge < -0.3 is 30.1 Å². The first kappa shape index (κ1) is 28.3. The van der Waals surface area contributed by atoms with Crippen LogP contribution in [0.3, 0.4) is 0 Å². The molecule has 1 atom stereocenters. The summed E-state index contributed by atoms with van der Waals surface area (Å²) in [5.74, 6) is 0.671. The number of hydrogen-bond donors (Lipinski definition) is 2. The van der Waals surface area contributed by atoms with Gasteiger partial charge in [0.15, 0.2) is 0 Å². The van der Waals surface area contributed by atoms with Gasteiger partial charge in [0.05, 0.1) is 24.2 Å². The number of likely N-dealkylation sites (tertiary alicyclic amines) is 1. The van der Waals surface area contributed by atoms with E-state index in [1.54, 1.807) is 18.1 Å². The number of methoxy groups -OCH3 is 1. The van der Waals surface area contributed by atoms with Gasteiger partial charge in [0.1, 0.15) is 11.8 Å². The first-order valence-corrected chi connectivity index (χ1v) is 14.9. The lowest BCUT2D eigenvalue weighted by atomic mass is 10.00. The van der Waals surface area contributed by atoms with Gasteiger partial charge in [0, 0.05) is 36.4 Å². The summed E-state index contributed by atoms with van der Waals surface area (Å²) in [7, 11) is 3.50. The molecule has 1 saturated heterocycles. The van der Waals surface area contributed by atoms with E-state index in [4.69, 9.17) is 4.74 Å². The van der Waals surface area contributed by atoms with Gasteiger partial charge in [-0.2, -0.15) is 0 Å². The van der Waals surface area contributed by atoms with E-state index >= 15 is 0 Å². The van der Waals surface area contributed by atoms with E-state index in [0.29, 0.717) is 17.4 Å². The van der Waals surface area contributed by atoms with Crippen LogP contribution >= 0.6 is 0 Å². The van der Waals surface area contributed by atoms with Crippen molar-refractivity contribution in [2.45, 2.75) is 83.3 Å². The third kappa shape index (κ3) is 5.78. The van der Waals surface area contributed by atoms with Gasteiger partial charge in [-0.3, -0.25) is 9.59 Å². The monoisotopic (exact) mass is 547 g/mol. The van der Waals surface area contributed by atoms with Crippen LogP contribution in [0.4, 0.5) is 22.7 Å². The molecular weight excluding hydrogens is 502 g/mol. The summed E-state index contributed by atoms with van der Waals surface area (Å²) < 4.78 is 5.71. The molecule has 40 heavy (non-hydrogen) atoms. The number of carbonyl (C=O) groups is 2. The lowest BCUT2D eigenvalue weighted by molar-refractivity contribution is -0.120. The van der Waals surface area contributed by atoms with Crippen LogP contribution in [0.25, 0.3) is 0 Å². The lowest BCUT2D eigenvalue weighted by Crippen LogP contribution is -2.55. The average Bonchev–Trinajstić information content (AvgIpc) is 3.65. The summed E-state index contributed by atoms with van der Waals surface area (Å²) in [6.45, 7) is 9.29. The zero-order chi connectivity index (χ0) is 28.4. The number of carbonyl (C=O) groups excluding carboxylic acids is 2. The topological polar surface area (TPSA) is 77.2 Å². The Bertz CT molecular complexity index is 1230. The number of nitrogens with one attached hydrogen (secondary N) is 2. The van der Waals surface area contributed by atoms with Crippen molar-refractivity contribution in [3.63, 3.8) is 0 Å². The molecule has 216 valence electrons. The Hall–Kier alpha value is -3.26. The van der Waals surface area contributed by atoms with E-state index in [2.05, 4.69) is 47.3 Å². The Morgan fingerprint density at radius 1 is 1.02 bits per heavy atom. The summed E-state index contributed by atoms with van der Waals surface area (Å²) >= 11 is 0. The Morgan fingerprint density at radius 3 is 2.42 bits per heavy atom. The highest BCUT2D eigenvalue weighted by Gasteiger charge is 2.40. The molecule has 0 unspecified atom stereocenters. The van der Waals surface area contributed by atoms with Gasteiger partial charge in [0.2, 0.25) is 5.91 Å². The van der Waals surface area contributed by atoms with Crippen LogP contribution in [-0.4, -0.2) is 68.1 Å². The second kappa shape index (κ2) is 11.7. The van der Waals surface area contributed by atoms with E-state index in [-0.39, 0.29) is 23.4 Å². The molecular formula is C32H45N5O3. The maximum Gasteiger partial charge on any atom is 0.251 e. The first-order valence-electron chi connectivity index (χ1n) is 14.9. The maximum absolute atomic E-state index is 13.2. The molecule has 2 N–H and O–H groups in total. The molecule has 5 rings (SSSR count). The van der Waals surface area contributed by atoms with Crippen molar-refractivity contribution >= 4 is 34.6 Å². The van der Waals surface area contributed by atoms with E-state index in [0.717, 1.165) is 61.6 Å². The van der Waals surface area contributed by atoms with E-state index in [1.165, 1.54) is 25.7 Å². The molecule has 8 nitrogen and oxygen atoms in total. The Morgan fingerprint density at radius 2 is 1.75 bits per heavy atom.